The van der Waals surface area contributed by atoms with E-state index < -0.39 is 12.5 Å². The number of nitrogens with one attached hydrogen (secondary N) is 2. The average molecular weight is 418 g/mol. The number of para-hydroxylation sites is 1. The Morgan fingerprint density at radius 2 is 1.87 bits per heavy atom. The van der Waals surface area contributed by atoms with E-state index in [-0.39, 0.29) is 18.2 Å². The number of aromatic nitrogens is 1. The summed E-state index contributed by atoms with van der Waals surface area (Å²) >= 11 is 0. The summed E-state index contributed by atoms with van der Waals surface area (Å²) in [5, 5.41) is 14.1. The molecule has 0 saturated heterocycles. The Morgan fingerprint density at radius 1 is 1.13 bits per heavy atom. The number of benzene rings is 2. The van der Waals surface area contributed by atoms with Gasteiger partial charge in [-0.05, 0) is 55.0 Å². The van der Waals surface area contributed by atoms with E-state index in [1.165, 1.54) is 23.4 Å². The standard InChI is InChI=1S/C22H21F3N2O3/c23-22(24,25)30-14-10-8-13(9-11-14)19(28)12-26-21(29)17-6-3-5-16-15-4-1-2-7-18(15)27-20(16)17/h3,5-6,8-11,19,27-28H,1-2,4,7,12H2,(H,26,29). The molecule has 0 fully saturated rings. The van der Waals surface area contributed by atoms with E-state index in [0.717, 1.165) is 48.7 Å². The number of hydrogen-bond acceptors (Lipinski definition) is 3. The van der Waals surface area contributed by atoms with Crippen LogP contribution in [-0.4, -0.2) is 28.9 Å². The molecule has 1 aliphatic carbocycles. The van der Waals surface area contributed by atoms with Gasteiger partial charge in [0.05, 0.1) is 17.2 Å². The lowest BCUT2D eigenvalue weighted by Gasteiger charge is -2.14. The summed E-state index contributed by atoms with van der Waals surface area (Å²) in [5.41, 5.74) is 4.12. The van der Waals surface area contributed by atoms with E-state index in [1.807, 2.05) is 12.1 Å². The van der Waals surface area contributed by atoms with Crippen molar-refractivity contribution in [2.45, 2.75) is 38.1 Å². The minimum Gasteiger partial charge on any atom is -0.406 e. The molecule has 158 valence electrons. The monoisotopic (exact) mass is 418 g/mol. The van der Waals surface area contributed by atoms with Gasteiger partial charge < -0.3 is 20.1 Å². The zero-order valence-electron chi connectivity index (χ0n) is 16.1. The number of ether oxygens (including phenoxy) is 1. The summed E-state index contributed by atoms with van der Waals surface area (Å²) in [6.45, 7) is -0.0743. The SMILES string of the molecule is O=C(NCC(O)c1ccc(OC(F)(F)F)cc1)c1cccc2c3c([nH]c12)CCCC3. The summed E-state index contributed by atoms with van der Waals surface area (Å²) < 4.78 is 40.5. The first-order valence-corrected chi connectivity index (χ1v) is 9.76. The number of aryl methyl sites for hydroxylation is 2. The van der Waals surface area contributed by atoms with Crippen molar-refractivity contribution in [2.75, 3.05) is 6.54 Å². The Bertz CT molecular complexity index is 1060. The van der Waals surface area contributed by atoms with Crippen LogP contribution in [0.25, 0.3) is 10.9 Å². The van der Waals surface area contributed by atoms with E-state index in [1.54, 1.807) is 6.07 Å². The van der Waals surface area contributed by atoms with Crippen molar-refractivity contribution in [3.05, 3.63) is 64.8 Å². The molecule has 1 aliphatic rings. The molecule has 0 spiro atoms. The van der Waals surface area contributed by atoms with Gasteiger partial charge in [-0.25, -0.2) is 0 Å². The largest absolute Gasteiger partial charge is 0.573 e. The summed E-state index contributed by atoms with van der Waals surface area (Å²) in [5.74, 6) is -0.694. The number of aromatic amines is 1. The molecule has 30 heavy (non-hydrogen) atoms. The van der Waals surface area contributed by atoms with Crippen molar-refractivity contribution in [2.24, 2.45) is 0 Å². The van der Waals surface area contributed by atoms with Crippen LogP contribution in [-0.2, 0) is 12.8 Å². The fourth-order valence-electron chi connectivity index (χ4n) is 3.91. The maximum Gasteiger partial charge on any atom is 0.573 e. The Balaban J connectivity index is 1.44. The third-order valence-corrected chi connectivity index (χ3v) is 5.33. The van der Waals surface area contributed by atoms with Gasteiger partial charge in [-0.15, -0.1) is 13.2 Å². The van der Waals surface area contributed by atoms with Crippen LogP contribution in [0.15, 0.2) is 42.5 Å². The van der Waals surface area contributed by atoms with Gasteiger partial charge in [0.15, 0.2) is 0 Å². The van der Waals surface area contributed by atoms with Gasteiger partial charge in [0.2, 0.25) is 0 Å². The lowest BCUT2D eigenvalue weighted by Crippen LogP contribution is -2.28. The van der Waals surface area contributed by atoms with Gasteiger partial charge in [0, 0.05) is 17.6 Å². The van der Waals surface area contributed by atoms with Gasteiger partial charge in [-0.2, -0.15) is 0 Å². The molecule has 0 saturated carbocycles. The molecule has 3 aromatic rings. The number of amides is 1. The highest BCUT2D eigenvalue weighted by Crippen LogP contribution is 2.31. The number of carbonyl (C=O) groups excluding carboxylic acids is 1. The Kier molecular flexibility index (Phi) is 5.42. The second-order valence-corrected chi connectivity index (χ2v) is 7.36. The van der Waals surface area contributed by atoms with Crippen LogP contribution < -0.4 is 10.1 Å². The number of fused-ring (bicyclic) bond motifs is 3. The molecule has 0 aliphatic heterocycles. The van der Waals surface area contributed by atoms with Crippen LogP contribution >= 0.6 is 0 Å². The highest BCUT2D eigenvalue weighted by atomic mass is 19.4. The number of H-pyrrole nitrogens is 1. The average Bonchev–Trinajstić information content (AvgIpc) is 3.10. The fourth-order valence-corrected chi connectivity index (χ4v) is 3.91. The van der Waals surface area contributed by atoms with Crippen LogP contribution in [0.5, 0.6) is 5.75 Å². The van der Waals surface area contributed by atoms with Crippen molar-refractivity contribution in [1.29, 1.82) is 0 Å². The van der Waals surface area contributed by atoms with Gasteiger partial charge in [-0.3, -0.25) is 4.79 Å². The van der Waals surface area contributed by atoms with Crippen LogP contribution in [0.2, 0.25) is 0 Å². The van der Waals surface area contributed by atoms with E-state index in [9.17, 15) is 23.1 Å². The first-order valence-electron chi connectivity index (χ1n) is 9.76. The number of halogens is 3. The smallest absolute Gasteiger partial charge is 0.406 e. The molecular formula is C22H21F3N2O3. The highest BCUT2D eigenvalue weighted by molar-refractivity contribution is 6.06. The molecule has 0 bridgehead atoms. The number of carbonyl (C=O) groups is 1. The Labute approximate surface area is 170 Å². The van der Waals surface area contributed by atoms with E-state index in [4.69, 9.17) is 0 Å². The lowest BCUT2D eigenvalue weighted by atomic mass is 9.95. The molecular weight excluding hydrogens is 397 g/mol. The number of aliphatic hydroxyl groups is 1. The Hall–Kier alpha value is -3.00. The zero-order valence-corrected chi connectivity index (χ0v) is 16.1. The van der Waals surface area contributed by atoms with Crippen molar-refractivity contribution in [1.82, 2.24) is 10.3 Å². The molecule has 3 N–H and O–H groups in total. The minimum absolute atomic E-state index is 0.0743. The number of aliphatic hydroxyl groups excluding tert-OH is 1. The molecule has 1 aromatic heterocycles. The minimum atomic E-state index is -4.77. The predicted octanol–water partition coefficient (Wildman–Crippen LogP) is 4.41. The van der Waals surface area contributed by atoms with Gasteiger partial charge in [-0.1, -0.05) is 24.3 Å². The summed E-state index contributed by atoms with van der Waals surface area (Å²) in [6, 6.07) is 10.5. The normalized spacial score (nSPS) is 14.9. The molecule has 1 atom stereocenters. The predicted molar refractivity (Wildman–Crippen MR) is 105 cm³/mol. The molecule has 8 heteroatoms. The van der Waals surface area contributed by atoms with E-state index >= 15 is 0 Å². The Morgan fingerprint density at radius 3 is 2.60 bits per heavy atom. The van der Waals surface area contributed by atoms with Crippen LogP contribution in [0, 0.1) is 0 Å². The second kappa shape index (κ2) is 8.02. The number of alkyl halides is 3. The van der Waals surface area contributed by atoms with Crippen LogP contribution in [0.3, 0.4) is 0 Å². The number of hydrogen-bond donors (Lipinski definition) is 3. The van der Waals surface area contributed by atoms with Crippen molar-refractivity contribution in [3.63, 3.8) is 0 Å². The summed E-state index contributed by atoms with van der Waals surface area (Å²) in [6.07, 6.45) is -1.61. The first-order chi connectivity index (χ1) is 14.3. The first kappa shape index (κ1) is 20.3. The summed E-state index contributed by atoms with van der Waals surface area (Å²) in [7, 11) is 0. The van der Waals surface area contributed by atoms with Crippen molar-refractivity contribution in [3.8, 4) is 5.75 Å². The third-order valence-electron chi connectivity index (χ3n) is 5.33. The quantitative estimate of drug-likeness (QED) is 0.575. The topological polar surface area (TPSA) is 74.3 Å². The highest BCUT2D eigenvalue weighted by Gasteiger charge is 2.31. The van der Waals surface area contributed by atoms with Gasteiger partial charge in [0.1, 0.15) is 5.75 Å². The molecule has 0 radical (unpaired) electrons. The van der Waals surface area contributed by atoms with Crippen LogP contribution in [0.4, 0.5) is 13.2 Å². The lowest BCUT2D eigenvalue weighted by molar-refractivity contribution is -0.274. The zero-order chi connectivity index (χ0) is 21.3. The van der Waals surface area contributed by atoms with Crippen molar-refractivity contribution < 1.29 is 27.8 Å². The van der Waals surface area contributed by atoms with E-state index in [0.29, 0.717) is 11.1 Å². The maximum atomic E-state index is 12.7. The molecule has 1 amide bonds. The number of rotatable bonds is 5. The second-order valence-electron chi connectivity index (χ2n) is 7.36. The van der Waals surface area contributed by atoms with Gasteiger partial charge in [0.25, 0.3) is 5.91 Å². The molecule has 1 unspecified atom stereocenters. The molecule has 4 rings (SSSR count). The van der Waals surface area contributed by atoms with Gasteiger partial charge >= 0.3 is 6.36 Å². The fraction of sp³-hybridized carbons (Fsp3) is 0.318. The van der Waals surface area contributed by atoms with Crippen LogP contribution in [0.1, 0.15) is 46.1 Å². The van der Waals surface area contributed by atoms with Crippen molar-refractivity contribution >= 4 is 16.8 Å². The summed E-state index contributed by atoms with van der Waals surface area (Å²) in [4.78, 5) is 16.1. The molecule has 2 aromatic carbocycles. The maximum absolute atomic E-state index is 12.7. The molecule has 1 heterocycles. The third kappa shape index (κ3) is 4.28. The van der Waals surface area contributed by atoms with E-state index in [2.05, 4.69) is 15.0 Å². The molecule has 5 nitrogen and oxygen atoms in total.